The van der Waals surface area contributed by atoms with Gasteiger partial charge < -0.3 is 15.0 Å². The molecule has 1 aromatic rings. The molecule has 1 saturated heterocycles. The summed E-state index contributed by atoms with van der Waals surface area (Å²) < 4.78 is 5.54. The molecule has 0 aromatic heterocycles. The van der Waals surface area contributed by atoms with Crippen LogP contribution in [0.3, 0.4) is 0 Å². The number of likely N-dealkylation sites (tertiary alicyclic amines) is 1. The normalized spacial score (nSPS) is 19.9. The Morgan fingerprint density at radius 2 is 2.15 bits per heavy atom. The quantitative estimate of drug-likeness (QED) is 0.835. The van der Waals surface area contributed by atoms with Crippen molar-refractivity contribution >= 4 is 0 Å². The molecule has 3 heteroatoms. The Morgan fingerprint density at radius 1 is 1.30 bits per heavy atom. The minimum atomic E-state index is 0.850. The summed E-state index contributed by atoms with van der Waals surface area (Å²) in [5.41, 5.74) is 2.76. The predicted octanol–water partition coefficient (Wildman–Crippen LogP) is 2.44. The van der Waals surface area contributed by atoms with Crippen LogP contribution in [0, 0.1) is 5.92 Å². The van der Waals surface area contributed by atoms with Gasteiger partial charge in [-0.25, -0.2) is 0 Å². The van der Waals surface area contributed by atoms with E-state index in [1.807, 2.05) is 0 Å². The lowest BCUT2D eigenvalue weighted by Gasteiger charge is -2.28. The fourth-order valence-electron chi connectivity index (χ4n) is 3.24. The van der Waals surface area contributed by atoms with Gasteiger partial charge in [-0.1, -0.05) is 12.1 Å². The van der Waals surface area contributed by atoms with Crippen molar-refractivity contribution in [2.24, 2.45) is 5.92 Å². The van der Waals surface area contributed by atoms with E-state index in [1.165, 1.54) is 43.5 Å². The van der Waals surface area contributed by atoms with Crippen molar-refractivity contribution in [1.29, 1.82) is 0 Å². The molecule has 0 saturated carbocycles. The third-order valence-electron chi connectivity index (χ3n) is 4.65. The van der Waals surface area contributed by atoms with Gasteiger partial charge in [-0.2, -0.15) is 0 Å². The molecule has 20 heavy (non-hydrogen) atoms. The summed E-state index contributed by atoms with van der Waals surface area (Å²) in [7, 11) is 2.23. The van der Waals surface area contributed by atoms with E-state index in [9.17, 15) is 0 Å². The number of hydrogen-bond donors (Lipinski definition) is 1. The summed E-state index contributed by atoms with van der Waals surface area (Å²) in [5.74, 6) is 2.01. The average Bonchev–Trinajstić information content (AvgIpc) is 2.93. The van der Waals surface area contributed by atoms with Gasteiger partial charge in [0.25, 0.3) is 0 Å². The number of ether oxygens (including phenoxy) is 1. The first-order valence-corrected chi connectivity index (χ1v) is 7.95. The molecule has 0 bridgehead atoms. The molecular formula is C17H26N2O. The maximum Gasteiger partial charge on any atom is 0.122 e. The highest BCUT2D eigenvalue weighted by molar-refractivity contribution is 5.39. The molecule has 0 amide bonds. The number of hydrogen-bond acceptors (Lipinski definition) is 3. The molecule has 2 aliphatic rings. The largest absolute Gasteiger partial charge is 0.493 e. The third kappa shape index (κ3) is 3.53. The number of fused-ring (bicyclic) bond motifs is 1. The number of benzene rings is 1. The third-order valence-corrected chi connectivity index (χ3v) is 4.65. The number of rotatable bonds is 5. The van der Waals surface area contributed by atoms with Crippen molar-refractivity contribution in [2.75, 3.05) is 33.3 Å². The van der Waals surface area contributed by atoms with Gasteiger partial charge in [-0.15, -0.1) is 0 Å². The molecule has 2 heterocycles. The van der Waals surface area contributed by atoms with E-state index < -0.39 is 0 Å². The second kappa shape index (κ2) is 6.59. The van der Waals surface area contributed by atoms with Gasteiger partial charge in [0.2, 0.25) is 0 Å². The molecule has 0 spiro atoms. The Kier molecular flexibility index (Phi) is 4.58. The number of nitrogens with zero attached hydrogens (tertiary/aromatic N) is 1. The first-order chi connectivity index (χ1) is 9.81. The standard InChI is InChI=1S/C17H26N2O/c1-19-9-5-14(6-10-19)4-8-18-13-15-2-3-17-16(12-15)7-11-20-17/h2-3,12,14,18H,4-11,13H2,1H3. The van der Waals surface area contributed by atoms with E-state index in [4.69, 9.17) is 4.74 Å². The molecular weight excluding hydrogens is 248 g/mol. The van der Waals surface area contributed by atoms with Gasteiger partial charge in [0.15, 0.2) is 0 Å². The Labute approximate surface area is 122 Å². The molecule has 0 aliphatic carbocycles. The number of nitrogens with one attached hydrogen (secondary N) is 1. The predicted molar refractivity (Wildman–Crippen MR) is 82.2 cm³/mol. The second-order valence-electron chi connectivity index (χ2n) is 6.25. The van der Waals surface area contributed by atoms with Crippen LogP contribution in [0.4, 0.5) is 0 Å². The highest BCUT2D eigenvalue weighted by atomic mass is 16.5. The SMILES string of the molecule is CN1CCC(CCNCc2ccc3c(c2)CCO3)CC1. The maximum atomic E-state index is 5.54. The van der Waals surface area contributed by atoms with E-state index in [-0.39, 0.29) is 0 Å². The minimum absolute atomic E-state index is 0.850. The van der Waals surface area contributed by atoms with E-state index >= 15 is 0 Å². The van der Waals surface area contributed by atoms with Crippen molar-refractivity contribution in [3.63, 3.8) is 0 Å². The van der Waals surface area contributed by atoms with Gasteiger partial charge in [0, 0.05) is 13.0 Å². The van der Waals surface area contributed by atoms with E-state index in [2.05, 4.69) is 35.5 Å². The number of piperidine rings is 1. The van der Waals surface area contributed by atoms with Crippen molar-refractivity contribution in [3.8, 4) is 5.75 Å². The second-order valence-corrected chi connectivity index (χ2v) is 6.25. The zero-order valence-corrected chi connectivity index (χ0v) is 12.5. The fraction of sp³-hybridized carbons (Fsp3) is 0.647. The van der Waals surface area contributed by atoms with Crippen LogP contribution < -0.4 is 10.1 Å². The van der Waals surface area contributed by atoms with Gasteiger partial charge in [-0.3, -0.25) is 0 Å². The van der Waals surface area contributed by atoms with E-state index in [0.717, 1.165) is 37.8 Å². The van der Waals surface area contributed by atoms with Crippen LogP contribution in [0.5, 0.6) is 5.75 Å². The van der Waals surface area contributed by atoms with Crippen molar-refractivity contribution in [1.82, 2.24) is 10.2 Å². The van der Waals surface area contributed by atoms with Crippen LogP contribution in [0.2, 0.25) is 0 Å². The highest BCUT2D eigenvalue weighted by Crippen LogP contribution is 2.25. The summed E-state index contributed by atoms with van der Waals surface area (Å²) in [5, 5.41) is 3.60. The minimum Gasteiger partial charge on any atom is -0.493 e. The zero-order chi connectivity index (χ0) is 13.8. The lowest BCUT2D eigenvalue weighted by atomic mass is 9.94. The van der Waals surface area contributed by atoms with Crippen LogP contribution in [0.15, 0.2) is 18.2 Å². The Bertz CT molecular complexity index is 439. The van der Waals surface area contributed by atoms with Crippen molar-refractivity contribution in [3.05, 3.63) is 29.3 Å². The summed E-state index contributed by atoms with van der Waals surface area (Å²) in [6, 6.07) is 6.61. The van der Waals surface area contributed by atoms with Crippen LogP contribution in [-0.4, -0.2) is 38.2 Å². The molecule has 110 valence electrons. The Morgan fingerprint density at radius 3 is 3.00 bits per heavy atom. The fourth-order valence-corrected chi connectivity index (χ4v) is 3.24. The molecule has 1 N–H and O–H groups in total. The summed E-state index contributed by atoms with van der Waals surface area (Å²) in [6.07, 6.45) is 5.13. The molecule has 2 aliphatic heterocycles. The molecule has 1 aromatic carbocycles. The molecule has 0 unspecified atom stereocenters. The van der Waals surface area contributed by atoms with E-state index in [0.29, 0.717) is 0 Å². The van der Waals surface area contributed by atoms with Crippen molar-refractivity contribution < 1.29 is 4.74 Å². The molecule has 1 fully saturated rings. The van der Waals surface area contributed by atoms with Crippen LogP contribution in [0.25, 0.3) is 0 Å². The molecule has 0 atom stereocenters. The van der Waals surface area contributed by atoms with Crippen LogP contribution in [-0.2, 0) is 13.0 Å². The highest BCUT2D eigenvalue weighted by Gasteiger charge is 2.16. The topological polar surface area (TPSA) is 24.5 Å². The molecule has 3 rings (SSSR count). The van der Waals surface area contributed by atoms with Gasteiger partial charge >= 0.3 is 0 Å². The van der Waals surface area contributed by atoms with Crippen LogP contribution in [0.1, 0.15) is 30.4 Å². The average molecular weight is 274 g/mol. The van der Waals surface area contributed by atoms with Gasteiger partial charge in [0.1, 0.15) is 5.75 Å². The Balaban J connectivity index is 1.37. The zero-order valence-electron chi connectivity index (χ0n) is 12.5. The first kappa shape index (κ1) is 13.9. The monoisotopic (exact) mass is 274 g/mol. The Hall–Kier alpha value is -1.06. The smallest absolute Gasteiger partial charge is 0.122 e. The molecule has 0 radical (unpaired) electrons. The first-order valence-electron chi connectivity index (χ1n) is 7.95. The lowest BCUT2D eigenvalue weighted by Crippen LogP contribution is -2.31. The lowest BCUT2D eigenvalue weighted by molar-refractivity contribution is 0.211. The summed E-state index contributed by atoms with van der Waals surface area (Å²) in [6.45, 7) is 5.52. The van der Waals surface area contributed by atoms with Crippen LogP contribution >= 0.6 is 0 Å². The summed E-state index contributed by atoms with van der Waals surface area (Å²) in [4.78, 5) is 2.44. The van der Waals surface area contributed by atoms with E-state index in [1.54, 1.807) is 0 Å². The van der Waals surface area contributed by atoms with Gasteiger partial charge in [-0.05, 0) is 69.1 Å². The maximum absolute atomic E-state index is 5.54. The molecule has 3 nitrogen and oxygen atoms in total. The van der Waals surface area contributed by atoms with Crippen molar-refractivity contribution in [2.45, 2.75) is 32.2 Å². The summed E-state index contributed by atoms with van der Waals surface area (Å²) >= 11 is 0. The van der Waals surface area contributed by atoms with Gasteiger partial charge in [0.05, 0.1) is 6.61 Å².